The van der Waals surface area contributed by atoms with Crippen LogP contribution in [0.4, 0.5) is 4.79 Å². The zero-order valence-electron chi connectivity index (χ0n) is 10.2. The molecule has 2 bridgehead atoms. The van der Waals surface area contributed by atoms with Crippen molar-refractivity contribution in [3.8, 4) is 0 Å². The molecule has 3 atom stereocenters. The normalized spacial score (nSPS) is 28.6. The Morgan fingerprint density at radius 1 is 1.39 bits per heavy atom. The Bertz CT molecular complexity index is 360. The second-order valence-electron chi connectivity index (χ2n) is 4.75. The van der Waals surface area contributed by atoms with Crippen molar-refractivity contribution in [2.75, 3.05) is 7.11 Å². The summed E-state index contributed by atoms with van der Waals surface area (Å²) in [5.74, 6) is 0.538. The predicted molar refractivity (Wildman–Crippen MR) is 61.2 cm³/mol. The molecular formula is C11H17N3O4. The van der Waals surface area contributed by atoms with Crippen LogP contribution in [0.25, 0.3) is 0 Å². The summed E-state index contributed by atoms with van der Waals surface area (Å²) in [6.45, 7) is 0. The van der Waals surface area contributed by atoms with E-state index in [2.05, 4.69) is 10.2 Å². The van der Waals surface area contributed by atoms with E-state index in [0.29, 0.717) is 23.3 Å². The number of carbonyl (C=O) groups excluding carboxylic acids is 2. The highest BCUT2D eigenvalue weighted by Gasteiger charge is 2.44. The monoisotopic (exact) mass is 255 g/mol. The number of hydrogen-bond donors (Lipinski definition) is 2. The standard InChI is InChI=1S/C11H17N3O4/c1-17-11(16)13-14(6-12)18-10(15)9-5-7-2-3-8(9)4-7/h6-9,12H,2-5H2,1H3,(H,13,16). The van der Waals surface area contributed by atoms with Crippen LogP contribution in [0.1, 0.15) is 25.7 Å². The lowest BCUT2D eigenvalue weighted by Crippen LogP contribution is -2.44. The molecule has 0 saturated heterocycles. The lowest BCUT2D eigenvalue weighted by molar-refractivity contribution is -0.186. The predicted octanol–water partition coefficient (Wildman–Crippen LogP) is 1.06. The summed E-state index contributed by atoms with van der Waals surface area (Å²) in [5, 5.41) is 7.72. The van der Waals surface area contributed by atoms with E-state index in [1.807, 2.05) is 0 Å². The Balaban J connectivity index is 1.86. The minimum atomic E-state index is -0.792. The Morgan fingerprint density at radius 3 is 2.67 bits per heavy atom. The first-order chi connectivity index (χ1) is 8.63. The van der Waals surface area contributed by atoms with Crippen molar-refractivity contribution in [1.82, 2.24) is 10.6 Å². The van der Waals surface area contributed by atoms with Gasteiger partial charge in [-0.3, -0.25) is 5.41 Å². The van der Waals surface area contributed by atoms with E-state index in [4.69, 9.17) is 10.2 Å². The fraction of sp³-hybridized carbons (Fsp3) is 0.727. The molecule has 100 valence electrons. The van der Waals surface area contributed by atoms with Gasteiger partial charge in [0.25, 0.3) is 0 Å². The van der Waals surface area contributed by atoms with E-state index in [-0.39, 0.29) is 11.9 Å². The second kappa shape index (κ2) is 5.24. The van der Waals surface area contributed by atoms with Crippen molar-refractivity contribution < 1.29 is 19.2 Å². The molecule has 0 aromatic heterocycles. The molecule has 0 aromatic rings. The van der Waals surface area contributed by atoms with Gasteiger partial charge < -0.3 is 9.57 Å². The maximum Gasteiger partial charge on any atom is 0.428 e. The highest BCUT2D eigenvalue weighted by molar-refractivity contribution is 5.75. The summed E-state index contributed by atoms with van der Waals surface area (Å²) in [6.07, 6.45) is 4.13. The van der Waals surface area contributed by atoms with Gasteiger partial charge in [-0.25, -0.2) is 9.59 Å². The van der Waals surface area contributed by atoms with Gasteiger partial charge in [0, 0.05) is 0 Å². The number of carbonyl (C=O) groups is 2. The molecule has 2 N–H and O–H groups in total. The summed E-state index contributed by atoms with van der Waals surface area (Å²) in [5.41, 5.74) is 2.10. The third kappa shape index (κ3) is 2.55. The zero-order chi connectivity index (χ0) is 13.1. The molecule has 7 heteroatoms. The molecule has 1 amide bonds. The van der Waals surface area contributed by atoms with Crippen molar-refractivity contribution in [2.24, 2.45) is 17.8 Å². The molecule has 0 aliphatic heterocycles. The summed E-state index contributed by atoms with van der Waals surface area (Å²) < 4.78 is 4.35. The Kier molecular flexibility index (Phi) is 3.69. The fourth-order valence-electron chi connectivity index (χ4n) is 2.92. The fourth-order valence-corrected chi connectivity index (χ4v) is 2.92. The van der Waals surface area contributed by atoms with Crippen molar-refractivity contribution in [3.05, 3.63) is 0 Å². The number of rotatable bonds is 4. The molecular weight excluding hydrogens is 238 g/mol. The van der Waals surface area contributed by atoms with Crippen molar-refractivity contribution in [3.63, 3.8) is 0 Å². The van der Waals surface area contributed by atoms with Crippen LogP contribution in [0.3, 0.4) is 0 Å². The van der Waals surface area contributed by atoms with E-state index in [0.717, 1.165) is 19.3 Å². The van der Waals surface area contributed by atoms with Gasteiger partial charge in [-0.15, -0.1) is 0 Å². The van der Waals surface area contributed by atoms with Crippen molar-refractivity contribution >= 4 is 18.4 Å². The maximum absolute atomic E-state index is 11.9. The summed E-state index contributed by atoms with van der Waals surface area (Å²) in [4.78, 5) is 27.8. The quantitative estimate of drug-likeness (QED) is 0.445. The van der Waals surface area contributed by atoms with E-state index in [9.17, 15) is 9.59 Å². The van der Waals surface area contributed by atoms with E-state index >= 15 is 0 Å². The number of methoxy groups -OCH3 is 1. The maximum atomic E-state index is 11.9. The number of fused-ring (bicyclic) bond motifs is 2. The minimum Gasteiger partial charge on any atom is -0.452 e. The third-order valence-corrected chi connectivity index (χ3v) is 3.73. The van der Waals surface area contributed by atoms with Crippen molar-refractivity contribution in [1.29, 1.82) is 5.41 Å². The second-order valence-corrected chi connectivity index (χ2v) is 4.75. The third-order valence-electron chi connectivity index (χ3n) is 3.73. The summed E-state index contributed by atoms with van der Waals surface area (Å²) in [7, 11) is 1.19. The number of nitrogens with zero attached hydrogens (tertiary/aromatic N) is 1. The van der Waals surface area contributed by atoms with Crippen LogP contribution in [-0.4, -0.2) is 30.7 Å². The first-order valence-corrected chi connectivity index (χ1v) is 6.00. The van der Waals surface area contributed by atoms with Gasteiger partial charge in [-0.1, -0.05) is 11.6 Å². The SMILES string of the molecule is COC(=O)NN(C=N)OC(=O)C1CC2CCC1C2. The van der Waals surface area contributed by atoms with Gasteiger partial charge in [-0.2, -0.15) is 5.43 Å². The molecule has 18 heavy (non-hydrogen) atoms. The summed E-state index contributed by atoms with van der Waals surface area (Å²) in [6, 6.07) is 0. The molecule has 2 aliphatic carbocycles. The minimum absolute atomic E-state index is 0.106. The van der Waals surface area contributed by atoms with E-state index < -0.39 is 6.09 Å². The molecule has 3 unspecified atom stereocenters. The van der Waals surface area contributed by atoms with Crippen LogP contribution >= 0.6 is 0 Å². The number of nitrogens with one attached hydrogen (secondary N) is 2. The van der Waals surface area contributed by atoms with Crippen LogP contribution in [0, 0.1) is 23.2 Å². The zero-order valence-corrected chi connectivity index (χ0v) is 10.2. The number of hydrogen-bond acceptors (Lipinski definition) is 5. The first kappa shape index (κ1) is 12.7. The Hall–Kier alpha value is -1.79. The topological polar surface area (TPSA) is 91.7 Å². The number of ether oxygens (including phenoxy) is 1. The molecule has 0 spiro atoms. The smallest absolute Gasteiger partial charge is 0.428 e. The molecule has 0 aromatic carbocycles. The molecule has 2 aliphatic rings. The van der Waals surface area contributed by atoms with E-state index in [1.54, 1.807) is 0 Å². The molecule has 2 fully saturated rings. The molecule has 0 radical (unpaired) electrons. The number of hydrazine groups is 1. The molecule has 2 rings (SSSR count). The lowest BCUT2D eigenvalue weighted by Gasteiger charge is -2.23. The van der Waals surface area contributed by atoms with Gasteiger partial charge in [0.15, 0.2) is 0 Å². The highest BCUT2D eigenvalue weighted by atomic mass is 16.7. The molecule has 7 nitrogen and oxygen atoms in total. The number of hydroxylamine groups is 1. The van der Waals surface area contributed by atoms with Gasteiger partial charge >= 0.3 is 12.1 Å². The first-order valence-electron chi connectivity index (χ1n) is 6.00. The highest BCUT2D eigenvalue weighted by Crippen LogP contribution is 2.48. The van der Waals surface area contributed by atoms with Crippen LogP contribution in [0.2, 0.25) is 0 Å². The average Bonchev–Trinajstić information content (AvgIpc) is 2.99. The van der Waals surface area contributed by atoms with Gasteiger partial charge in [0.2, 0.25) is 0 Å². The van der Waals surface area contributed by atoms with Gasteiger partial charge in [0.1, 0.15) is 6.34 Å². The number of amides is 1. The largest absolute Gasteiger partial charge is 0.452 e. The Labute approximate surface area is 105 Å². The van der Waals surface area contributed by atoms with Crippen LogP contribution in [-0.2, 0) is 14.4 Å². The Morgan fingerprint density at radius 2 is 2.17 bits per heavy atom. The van der Waals surface area contributed by atoms with Gasteiger partial charge in [-0.05, 0) is 31.1 Å². The van der Waals surface area contributed by atoms with Crippen molar-refractivity contribution in [2.45, 2.75) is 25.7 Å². The van der Waals surface area contributed by atoms with Crippen LogP contribution in [0.5, 0.6) is 0 Å². The summed E-state index contributed by atoms with van der Waals surface area (Å²) >= 11 is 0. The molecule has 0 heterocycles. The van der Waals surface area contributed by atoms with Crippen LogP contribution < -0.4 is 5.43 Å². The lowest BCUT2D eigenvalue weighted by atomic mass is 9.89. The van der Waals surface area contributed by atoms with Crippen LogP contribution in [0.15, 0.2) is 0 Å². The molecule has 2 saturated carbocycles. The van der Waals surface area contributed by atoms with Gasteiger partial charge in [0.05, 0.1) is 13.0 Å². The average molecular weight is 255 g/mol. The van der Waals surface area contributed by atoms with E-state index in [1.165, 1.54) is 13.5 Å².